The molecule has 0 aliphatic rings. The number of fused-ring (bicyclic) bond motifs is 2. The van der Waals surface area contributed by atoms with E-state index < -0.39 is 0 Å². The summed E-state index contributed by atoms with van der Waals surface area (Å²) >= 11 is 1.61. The van der Waals surface area contributed by atoms with E-state index in [1.165, 1.54) is 11.1 Å². The number of hydrogen-bond acceptors (Lipinski definition) is 3. The number of rotatable bonds is 4. The molecule has 0 bridgehead atoms. The molecule has 6 heteroatoms. The van der Waals surface area contributed by atoms with Crippen LogP contribution in [0, 0.1) is 12.4 Å². The molecule has 40 heavy (non-hydrogen) atoms. The minimum absolute atomic E-state index is 0. The van der Waals surface area contributed by atoms with Crippen LogP contribution >= 0.6 is 11.8 Å². The van der Waals surface area contributed by atoms with Crippen LogP contribution in [0.2, 0.25) is 0 Å². The fraction of sp³-hybridized carbons (Fsp3) is 0.235. The topological polar surface area (TPSA) is 35.6 Å². The quantitative estimate of drug-likeness (QED) is 0.171. The van der Waals surface area contributed by atoms with Crippen LogP contribution in [0.1, 0.15) is 52.7 Å². The van der Waals surface area contributed by atoms with Gasteiger partial charge in [0.05, 0.1) is 21.7 Å². The smallest absolute Gasteiger partial charge is 0.429 e. The van der Waals surface area contributed by atoms with E-state index in [2.05, 4.69) is 136 Å². The molecule has 0 aliphatic carbocycles. The van der Waals surface area contributed by atoms with Gasteiger partial charge < -0.3 is 9.13 Å². The van der Waals surface area contributed by atoms with E-state index in [0.717, 1.165) is 43.5 Å². The van der Waals surface area contributed by atoms with E-state index in [9.17, 15) is 0 Å². The molecule has 4 nitrogen and oxygen atoms in total. The average molecular weight is 724 g/mol. The number of pyridine rings is 2. The second-order valence-electron chi connectivity index (χ2n) is 12.0. The first-order valence-electron chi connectivity index (χ1n) is 13.3. The number of para-hydroxylation sites is 2. The summed E-state index contributed by atoms with van der Waals surface area (Å²) in [6.07, 6.45) is 6.79. The summed E-state index contributed by atoms with van der Waals surface area (Å²) in [7, 11) is 0. The normalized spacial score (nSPS) is 12.2. The predicted molar refractivity (Wildman–Crippen MR) is 161 cm³/mol. The molecule has 0 saturated carbocycles. The minimum atomic E-state index is -0.0409. The van der Waals surface area contributed by atoms with Crippen LogP contribution in [-0.2, 0) is 31.9 Å². The standard InChI is InChI=1S/C34H32N4S.Pt/c1-33(2,3)25-19-29(37-17-15-23-11-7-9-13-27(23)37)35-31(21-25)39-32-22-26(34(4,5)6)20-30(36-32)38-18-16-24-12-8-10-14-28(24)38;/h7-16,19-22H,1-6H3;/q-2;+2. The number of nitrogens with zero attached hydrogens (tertiary/aromatic N) is 4. The summed E-state index contributed by atoms with van der Waals surface area (Å²) in [6, 6.07) is 29.5. The zero-order valence-electron chi connectivity index (χ0n) is 23.6. The SMILES string of the molecule is CC(C)(C)c1cc(Sc2cc(C(C)(C)C)cc(-n3[c-]cc4ccccc43)n2)nc(-n2[c-]cc3ccccc32)c1.[Pt+2]. The summed E-state index contributed by atoms with van der Waals surface area (Å²) in [5.74, 6) is 1.73. The summed E-state index contributed by atoms with van der Waals surface area (Å²) in [4.78, 5) is 10.2. The Labute approximate surface area is 255 Å². The molecule has 204 valence electrons. The maximum Gasteiger partial charge on any atom is 2.00 e. The van der Waals surface area contributed by atoms with E-state index >= 15 is 0 Å². The first-order valence-corrected chi connectivity index (χ1v) is 14.1. The second-order valence-corrected chi connectivity index (χ2v) is 13.1. The Morgan fingerprint density at radius 1 is 0.600 bits per heavy atom. The zero-order valence-corrected chi connectivity index (χ0v) is 26.7. The second kappa shape index (κ2) is 10.7. The average Bonchev–Trinajstić information content (AvgIpc) is 3.52. The molecule has 6 rings (SSSR count). The minimum Gasteiger partial charge on any atom is -0.429 e. The Morgan fingerprint density at radius 2 is 1.00 bits per heavy atom. The van der Waals surface area contributed by atoms with Gasteiger partial charge in [0.1, 0.15) is 0 Å². The van der Waals surface area contributed by atoms with Crippen molar-refractivity contribution in [2.45, 2.75) is 62.4 Å². The van der Waals surface area contributed by atoms with Crippen LogP contribution in [0.3, 0.4) is 0 Å². The maximum absolute atomic E-state index is 5.11. The molecule has 0 amide bonds. The number of benzene rings is 2. The van der Waals surface area contributed by atoms with Crippen molar-refractivity contribution in [3.05, 3.63) is 108 Å². The summed E-state index contributed by atoms with van der Waals surface area (Å²) in [6.45, 7) is 13.4. The van der Waals surface area contributed by atoms with Gasteiger partial charge >= 0.3 is 21.1 Å². The van der Waals surface area contributed by atoms with Gasteiger partial charge in [-0.1, -0.05) is 125 Å². The van der Waals surface area contributed by atoms with Crippen LogP contribution in [0.25, 0.3) is 33.4 Å². The Balaban J connectivity index is 0.00000323. The zero-order chi connectivity index (χ0) is 27.4. The van der Waals surface area contributed by atoms with E-state index in [-0.39, 0.29) is 31.9 Å². The van der Waals surface area contributed by atoms with Crippen molar-refractivity contribution in [2.75, 3.05) is 0 Å². The van der Waals surface area contributed by atoms with E-state index in [0.29, 0.717) is 0 Å². The van der Waals surface area contributed by atoms with Crippen molar-refractivity contribution in [2.24, 2.45) is 0 Å². The van der Waals surface area contributed by atoms with Crippen LogP contribution in [-0.4, -0.2) is 19.1 Å². The van der Waals surface area contributed by atoms with Crippen LogP contribution < -0.4 is 0 Å². The van der Waals surface area contributed by atoms with Gasteiger partial charge in [0.25, 0.3) is 0 Å². The largest absolute Gasteiger partial charge is 2.00 e. The van der Waals surface area contributed by atoms with Gasteiger partial charge in [0.2, 0.25) is 0 Å². The van der Waals surface area contributed by atoms with Crippen LogP contribution in [0.5, 0.6) is 0 Å². The number of hydrogen-bond donors (Lipinski definition) is 0. The van der Waals surface area contributed by atoms with E-state index in [4.69, 9.17) is 9.97 Å². The third-order valence-electron chi connectivity index (χ3n) is 7.03. The Bertz CT molecular complexity index is 1680. The molecule has 6 aromatic rings. The monoisotopic (exact) mass is 723 g/mol. The Kier molecular flexibility index (Phi) is 7.58. The third kappa shape index (κ3) is 5.55. The van der Waals surface area contributed by atoms with Gasteiger partial charge in [-0.2, -0.15) is 0 Å². The Morgan fingerprint density at radius 3 is 1.40 bits per heavy atom. The fourth-order valence-corrected chi connectivity index (χ4v) is 5.57. The Hall–Kier alpha value is -3.14. The van der Waals surface area contributed by atoms with Crippen molar-refractivity contribution >= 4 is 33.6 Å². The summed E-state index contributed by atoms with van der Waals surface area (Å²) in [5, 5.41) is 4.12. The molecule has 4 heterocycles. The van der Waals surface area contributed by atoms with Crippen molar-refractivity contribution in [3.63, 3.8) is 0 Å². The summed E-state index contributed by atoms with van der Waals surface area (Å²) < 4.78 is 4.11. The molecule has 0 aliphatic heterocycles. The molecule has 0 saturated heterocycles. The van der Waals surface area contributed by atoms with Gasteiger partial charge in [0, 0.05) is 0 Å². The maximum atomic E-state index is 5.11. The van der Waals surface area contributed by atoms with Crippen molar-refractivity contribution in [1.29, 1.82) is 0 Å². The van der Waals surface area contributed by atoms with Crippen molar-refractivity contribution in [1.82, 2.24) is 19.1 Å². The number of aromatic nitrogens is 4. The molecular weight excluding hydrogens is 692 g/mol. The van der Waals surface area contributed by atoms with Crippen molar-refractivity contribution in [3.8, 4) is 11.6 Å². The predicted octanol–water partition coefficient (Wildman–Crippen LogP) is 8.71. The molecular formula is C34H32N4PtS. The van der Waals surface area contributed by atoms with Crippen LogP contribution in [0.15, 0.2) is 95.0 Å². The van der Waals surface area contributed by atoms with Crippen molar-refractivity contribution < 1.29 is 21.1 Å². The van der Waals surface area contributed by atoms with Gasteiger partial charge in [-0.25, -0.2) is 0 Å². The molecule has 0 N–H and O–H groups in total. The molecule has 0 atom stereocenters. The van der Waals surface area contributed by atoms with Crippen LogP contribution in [0.4, 0.5) is 0 Å². The fourth-order valence-electron chi connectivity index (χ4n) is 4.70. The first-order chi connectivity index (χ1) is 18.6. The van der Waals surface area contributed by atoms with E-state index in [1.807, 2.05) is 12.1 Å². The van der Waals surface area contributed by atoms with Gasteiger partial charge in [0.15, 0.2) is 0 Å². The molecule has 0 fully saturated rings. The van der Waals surface area contributed by atoms with E-state index in [1.54, 1.807) is 11.8 Å². The molecule has 2 aromatic carbocycles. The molecule has 0 spiro atoms. The summed E-state index contributed by atoms with van der Waals surface area (Å²) in [5.41, 5.74) is 4.55. The first kappa shape index (κ1) is 28.4. The molecule has 0 unspecified atom stereocenters. The van der Waals surface area contributed by atoms with Gasteiger partial charge in [-0.3, -0.25) is 9.97 Å². The van der Waals surface area contributed by atoms with Gasteiger partial charge in [-0.15, -0.1) is 35.0 Å². The molecule has 4 aromatic heterocycles. The third-order valence-corrected chi connectivity index (χ3v) is 7.87. The molecule has 0 radical (unpaired) electrons. The van der Waals surface area contributed by atoms with Gasteiger partial charge in [-0.05, 0) is 34.1 Å².